The van der Waals surface area contributed by atoms with Crippen LogP contribution in [0.3, 0.4) is 0 Å². The van der Waals surface area contributed by atoms with Crippen molar-refractivity contribution in [2.45, 2.75) is 99.4 Å². The zero-order chi connectivity index (χ0) is 29.0. The fourth-order valence-electron chi connectivity index (χ4n) is 4.55. The lowest BCUT2D eigenvalue weighted by Crippen LogP contribution is -2.39. The molecule has 1 fully saturated rings. The van der Waals surface area contributed by atoms with Crippen LogP contribution in [0.1, 0.15) is 92.0 Å². The maximum Gasteiger partial charge on any atom is 0.340 e. The van der Waals surface area contributed by atoms with Crippen LogP contribution in [0.25, 0.3) is 11.3 Å². The fraction of sp³-hybridized carbons (Fsp3) is 0.613. The molecule has 0 aliphatic carbocycles. The number of esters is 1. The van der Waals surface area contributed by atoms with Crippen LogP contribution in [-0.4, -0.2) is 53.1 Å². The Labute approximate surface area is 233 Å². The molecule has 0 N–H and O–H groups in total. The van der Waals surface area contributed by atoms with E-state index in [1.165, 1.54) is 0 Å². The van der Waals surface area contributed by atoms with Crippen LogP contribution >= 0.6 is 0 Å². The van der Waals surface area contributed by atoms with Gasteiger partial charge < -0.3 is 19.1 Å². The Kier molecular flexibility index (Phi) is 9.75. The number of carbonyl (C=O) groups is 2. The van der Waals surface area contributed by atoms with Crippen molar-refractivity contribution < 1.29 is 23.8 Å². The third-order valence-electron chi connectivity index (χ3n) is 6.83. The highest BCUT2D eigenvalue weighted by Gasteiger charge is 2.37. The number of carbonyl (C=O) groups excluding carboxylic acids is 2. The van der Waals surface area contributed by atoms with Gasteiger partial charge in [0.1, 0.15) is 12.4 Å². The molecule has 1 atom stereocenters. The second-order valence-corrected chi connectivity index (χ2v) is 12.3. The van der Waals surface area contributed by atoms with E-state index in [1.807, 2.05) is 66.8 Å². The molecule has 214 valence electrons. The Morgan fingerprint density at radius 1 is 1.08 bits per heavy atom. The largest absolute Gasteiger partial charge is 0.484 e. The minimum absolute atomic E-state index is 0.0202. The topological polar surface area (TPSA) is 90.9 Å². The van der Waals surface area contributed by atoms with Crippen molar-refractivity contribution in [1.29, 1.82) is 0 Å². The van der Waals surface area contributed by atoms with Gasteiger partial charge in [-0.05, 0) is 71.9 Å². The highest BCUT2D eigenvalue weighted by Crippen LogP contribution is 2.43. The standard InChI is InChI=1S/C31H45N3O5/c1-10-22(35)19-37-23-11-12-25(33-17-23)24-18-32-21(4)26(27(24)34-15-13-31(8,9)14-16-34)28(39-30(5,6)7)29(36)38-20(2)3/h11-12,17-18,20,28H,10,13-16,19H2,1-9H3/t28-/m0/s1. The van der Waals surface area contributed by atoms with Gasteiger partial charge in [-0.3, -0.25) is 14.8 Å². The Morgan fingerprint density at radius 3 is 2.28 bits per heavy atom. The SMILES string of the molecule is CCC(=O)COc1ccc(-c2cnc(C)c([C@H](OC(C)(C)C)C(=O)OC(C)C)c2N2CCC(C)(C)CC2)nc1. The first-order valence-electron chi connectivity index (χ1n) is 13.9. The number of piperidine rings is 1. The molecule has 0 bridgehead atoms. The van der Waals surface area contributed by atoms with Gasteiger partial charge in [0.2, 0.25) is 0 Å². The number of ether oxygens (including phenoxy) is 3. The monoisotopic (exact) mass is 539 g/mol. The number of aryl methyl sites for hydroxylation is 1. The van der Waals surface area contributed by atoms with Gasteiger partial charge in [0.05, 0.1) is 29.3 Å². The van der Waals surface area contributed by atoms with Gasteiger partial charge in [0.15, 0.2) is 11.9 Å². The van der Waals surface area contributed by atoms with Crippen LogP contribution in [0.5, 0.6) is 5.75 Å². The summed E-state index contributed by atoms with van der Waals surface area (Å²) in [6.07, 6.45) is 4.66. The van der Waals surface area contributed by atoms with Gasteiger partial charge in [-0.15, -0.1) is 0 Å². The molecule has 0 unspecified atom stereocenters. The van der Waals surface area contributed by atoms with Crippen LogP contribution < -0.4 is 9.64 Å². The second kappa shape index (κ2) is 12.5. The summed E-state index contributed by atoms with van der Waals surface area (Å²) in [6.45, 7) is 19.5. The molecular weight excluding hydrogens is 494 g/mol. The molecule has 1 aliphatic rings. The predicted octanol–water partition coefficient (Wildman–Crippen LogP) is 6.24. The Morgan fingerprint density at radius 2 is 1.74 bits per heavy atom. The normalized spacial score (nSPS) is 16.2. The molecule has 1 saturated heterocycles. The molecule has 3 rings (SSSR count). The zero-order valence-electron chi connectivity index (χ0n) is 25.1. The molecule has 0 amide bonds. The van der Waals surface area contributed by atoms with Gasteiger partial charge >= 0.3 is 5.97 Å². The number of hydrogen-bond donors (Lipinski definition) is 0. The number of aromatic nitrogens is 2. The lowest BCUT2D eigenvalue weighted by Gasteiger charge is -2.41. The summed E-state index contributed by atoms with van der Waals surface area (Å²) in [4.78, 5) is 36.9. The lowest BCUT2D eigenvalue weighted by molar-refractivity contribution is -0.171. The third-order valence-corrected chi connectivity index (χ3v) is 6.83. The van der Waals surface area contributed by atoms with Crippen LogP contribution in [-0.2, 0) is 19.1 Å². The van der Waals surface area contributed by atoms with Crippen molar-refractivity contribution in [3.8, 4) is 17.0 Å². The average Bonchev–Trinajstić information content (AvgIpc) is 2.85. The van der Waals surface area contributed by atoms with Crippen molar-refractivity contribution in [3.05, 3.63) is 35.8 Å². The van der Waals surface area contributed by atoms with E-state index in [0.29, 0.717) is 29.1 Å². The molecule has 1 aliphatic heterocycles. The van der Waals surface area contributed by atoms with E-state index >= 15 is 0 Å². The van der Waals surface area contributed by atoms with Gasteiger partial charge in [0.25, 0.3) is 0 Å². The first-order valence-corrected chi connectivity index (χ1v) is 13.9. The van der Waals surface area contributed by atoms with Gasteiger partial charge in [0, 0.05) is 42.5 Å². The minimum Gasteiger partial charge on any atom is -0.484 e. The minimum atomic E-state index is -0.951. The molecule has 0 spiro atoms. The summed E-state index contributed by atoms with van der Waals surface area (Å²) in [5.41, 5.74) is 3.47. The van der Waals surface area contributed by atoms with Crippen molar-refractivity contribution in [2.24, 2.45) is 5.41 Å². The van der Waals surface area contributed by atoms with Crippen LogP contribution in [0.15, 0.2) is 24.5 Å². The molecule has 0 aromatic carbocycles. The Balaban J connectivity index is 2.15. The van der Waals surface area contributed by atoms with E-state index in [2.05, 4.69) is 23.7 Å². The molecule has 8 heteroatoms. The number of pyridine rings is 2. The number of rotatable bonds is 10. The van der Waals surface area contributed by atoms with Gasteiger partial charge in [-0.2, -0.15) is 0 Å². The van der Waals surface area contributed by atoms with E-state index in [4.69, 9.17) is 19.2 Å². The van der Waals surface area contributed by atoms with Crippen LogP contribution in [0.2, 0.25) is 0 Å². The molecular formula is C31H45N3O5. The fourth-order valence-corrected chi connectivity index (χ4v) is 4.55. The number of Topliss-reactive ketones (excluding diaryl/α,β-unsaturated/α-hetero) is 1. The van der Waals surface area contributed by atoms with Crippen molar-refractivity contribution in [1.82, 2.24) is 9.97 Å². The quantitative estimate of drug-likeness (QED) is 0.328. The number of nitrogens with zero attached hydrogens (tertiary/aromatic N) is 3. The highest BCUT2D eigenvalue weighted by atomic mass is 16.6. The summed E-state index contributed by atoms with van der Waals surface area (Å²) >= 11 is 0. The predicted molar refractivity (Wildman–Crippen MR) is 153 cm³/mol. The summed E-state index contributed by atoms with van der Waals surface area (Å²) in [6, 6.07) is 3.68. The molecule has 2 aromatic heterocycles. The van der Waals surface area contributed by atoms with Crippen LogP contribution in [0, 0.1) is 12.3 Å². The molecule has 0 radical (unpaired) electrons. The zero-order valence-corrected chi connectivity index (χ0v) is 25.1. The van der Waals surface area contributed by atoms with E-state index in [-0.39, 0.29) is 23.9 Å². The summed E-state index contributed by atoms with van der Waals surface area (Å²) < 4.78 is 17.7. The Hall–Kier alpha value is -3.00. The van der Waals surface area contributed by atoms with Crippen LogP contribution in [0.4, 0.5) is 5.69 Å². The first-order chi connectivity index (χ1) is 18.2. The van der Waals surface area contributed by atoms with Gasteiger partial charge in [-0.1, -0.05) is 20.8 Å². The van der Waals surface area contributed by atoms with E-state index in [9.17, 15) is 9.59 Å². The summed E-state index contributed by atoms with van der Waals surface area (Å²) in [7, 11) is 0. The molecule has 39 heavy (non-hydrogen) atoms. The molecule has 2 aromatic rings. The molecule has 3 heterocycles. The number of hydrogen-bond acceptors (Lipinski definition) is 8. The maximum absolute atomic E-state index is 13.5. The number of ketones is 1. The summed E-state index contributed by atoms with van der Waals surface area (Å²) in [5, 5.41) is 0. The smallest absolute Gasteiger partial charge is 0.340 e. The summed E-state index contributed by atoms with van der Waals surface area (Å²) in [5.74, 6) is 0.120. The van der Waals surface area contributed by atoms with Crippen molar-refractivity contribution in [3.63, 3.8) is 0 Å². The van der Waals surface area contributed by atoms with Crippen molar-refractivity contribution >= 4 is 17.4 Å². The Bertz CT molecular complexity index is 1140. The number of anilines is 1. The maximum atomic E-state index is 13.5. The highest BCUT2D eigenvalue weighted by molar-refractivity contribution is 5.86. The average molecular weight is 540 g/mol. The lowest BCUT2D eigenvalue weighted by atomic mass is 9.82. The van der Waals surface area contributed by atoms with Crippen molar-refractivity contribution in [2.75, 3.05) is 24.6 Å². The van der Waals surface area contributed by atoms with Gasteiger partial charge in [-0.25, -0.2) is 4.79 Å². The van der Waals surface area contributed by atoms with E-state index in [1.54, 1.807) is 6.20 Å². The van der Waals surface area contributed by atoms with E-state index < -0.39 is 17.7 Å². The first kappa shape index (κ1) is 30.5. The van der Waals surface area contributed by atoms with E-state index in [0.717, 1.165) is 37.2 Å². The third kappa shape index (κ3) is 8.24. The molecule has 8 nitrogen and oxygen atoms in total. The molecule has 0 saturated carbocycles. The second-order valence-electron chi connectivity index (χ2n) is 12.3.